The highest BCUT2D eigenvalue weighted by atomic mass is 127. The zero-order valence-corrected chi connectivity index (χ0v) is 10.7. The molecule has 0 heterocycles. The molecule has 1 aromatic rings. The third kappa shape index (κ3) is 2.67. The molecule has 0 aliphatic rings. The third-order valence-electron chi connectivity index (χ3n) is 1.62. The minimum absolute atomic E-state index is 0.0569. The monoisotopic (exact) mass is 354 g/mol. The van der Waals surface area contributed by atoms with Crippen molar-refractivity contribution in [3.05, 3.63) is 27.3 Å². The number of phenols is 1. The molecule has 1 N–H and O–H groups in total. The number of hydrogen-bond donors (Lipinski definition) is 1. The molecule has 0 bridgehead atoms. The van der Waals surface area contributed by atoms with Gasteiger partial charge in [-0.3, -0.25) is 4.79 Å². The van der Waals surface area contributed by atoms with E-state index in [2.05, 4.69) is 15.9 Å². The fourth-order valence-corrected chi connectivity index (χ4v) is 1.74. The molecule has 0 saturated carbocycles. The molecule has 0 spiro atoms. The van der Waals surface area contributed by atoms with Gasteiger partial charge < -0.3 is 5.11 Å². The van der Waals surface area contributed by atoms with Crippen LogP contribution in [0.25, 0.3) is 0 Å². The largest absolute Gasteiger partial charge is 0.507 e. The maximum Gasteiger partial charge on any atom is 0.147 e. The van der Waals surface area contributed by atoms with E-state index in [9.17, 15) is 9.90 Å². The molecule has 1 unspecified atom stereocenters. The van der Waals surface area contributed by atoms with Crippen LogP contribution in [-0.2, 0) is 4.79 Å². The van der Waals surface area contributed by atoms with E-state index in [0.29, 0.717) is 0 Å². The van der Waals surface area contributed by atoms with E-state index < -0.39 is 0 Å². The van der Waals surface area contributed by atoms with Gasteiger partial charge in [-0.05, 0) is 47.2 Å². The van der Waals surface area contributed by atoms with Crippen LogP contribution in [0.4, 0.5) is 0 Å². The van der Waals surface area contributed by atoms with Crippen LogP contribution in [0, 0.1) is 3.57 Å². The molecular formula is C9H8BrIO2. The lowest BCUT2D eigenvalue weighted by molar-refractivity contribution is -0.116. The van der Waals surface area contributed by atoms with E-state index >= 15 is 0 Å². The summed E-state index contributed by atoms with van der Waals surface area (Å²) in [5, 5.41) is 9.26. The number of carbonyl (C=O) groups is 1. The normalized spacial score (nSPS) is 12.5. The lowest BCUT2D eigenvalue weighted by Crippen LogP contribution is -2.00. The van der Waals surface area contributed by atoms with Crippen molar-refractivity contribution >= 4 is 44.3 Å². The zero-order chi connectivity index (χ0) is 10.0. The Hall–Kier alpha value is -0.100. The van der Waals surface area contributed by atoms with Crippen LogP contribution in [0.5, 0.6) is 5.75 Å². The van der Waals surface area contributed by atoms with Crippen molar-refractivity contribution in [2.45, 2.75) is 11.8 Å². The number of rotatable bonds is 2. The average molecular weight is 355 g/mol. The van der Waals surface area contributed by atoms with Crippen molar-refractivity contribution in [3.8, 4) is 5.75 Å². The van der Waals surface area contributed by atoms with E-state index in [1.54, 1.807) is 18.2 Å². The molecule has 0 aliphatic heterocycles. The van der Waals surface area contributed by atoms with Gasteiger partial charge in [-0.25, -0.2) is 0 Å². The fourth-order valence-electron chi connectivity index (χ4n) is 0.916. The average Bonchev–Trinajstić information content (AvgIpc) is 2.08. The number of hydrogen-bond acceptors (Lipinski definition) is 2. The standard InChI is InChI=1S/C9H8BrIO2/c1-5(12)9(10)6-2-3-8(13)7(11)4-6/h2-4,9,13H,1H3. The number of halogens is 2. The van der Waals surface area contributed by atoms with E-state index in [0.717, 1.165) is 9.13 Å². The molecule has 1 aromatic carbocycles. The highest BCUT2D eigenvalue weighted by Gasteiger charge is 2.13. The van der Waals surface area contributed by atoms with Crippen LogP contribution in [0.3, 0.4) is 0 Å². The van der Waals surface area contributed by atoms with E-state index in [1.807, 2.05) is 22.6 Å². The fraction of sp³-hybridized carbons (Fsp3) is 0.222. The Balaban J connectivity index is 3.03. The van der Waals surface area contributed by atoms with Crippen molar-refractivity contribution in [3.63, 3.8) is 0 Å². The number of Topliss-reactive ketones (excluding diaryl/α,β-unsaturated/α-hetero) is 1. The second-order valence-electron chi connectivity index (χ2n) is 2.68. The van der Waals surface area contributed by atoms with Gasteiger partial charge in [-0.2, -0.15) is 0 Å². The second-order valence-corrected chi connectivity index (χ2v) is 4.76. The van der Waals surface area contributed by atoms with Gasteiger partial charge in [0.2, 0.25) is 0 Å². The van der Waals surface area contributed by atoms with Crippen molar-refractivity contribution in [1.29, 1.82) is 0 Å². The Morgan fingerprint density at radius 2 is 2.23 bits per heavy atom. The van der Waals surface area contributed by atoms with Gasteiger partial charge >= 0.3 is 0 Å². The second kappa shape index (κ2) is 4.41. The Morgan fingerprint density at radius 1 is 1.62 bits per heavy atom. The first-order valence-electron chi connectivity index (χ1n) is 3.65. The summed E-state index contributed by atoms with van der Waals surface area (Å²) in [6, 6.07) is 5.11. The van der Waals surface area contributed by atoms with Crippen LogP contribution >= 0.6 is 38.5 Å². The van der Waals surface area contributed by atoms with Crippen LogP contribution in [0.2, 0.25) is 0 Å². The molecule has 1 rings (SSSR count). The highest BCUT2D eigenvalue weighted by molar-refractivity contribution is 14.1. The van der Waals surface area contributed by atoms with Crippen LogP contribution in [-0.4, -0.2) is 10.9 Å². The van der Waals surface area contributed by atoms with Gasteiger partial charge in [-0.15, -0.1) is 0 Å². The van der Waals surface area contributed by atoms with Gasteiger partial charge in [0.1, 0.15) is 11.5 Å². The summed E-state index contributed by atoms with van der Waals surface area (Å²) >= 11 is 5.30. The number of carbonyl (C=O) groups excluding carboxylic acids is 1. The summed E-state index contributed by atoms with van der Waals surface area (Å²) in [7, 11) is 0. The Labute approximate surface area is 98.6 Å². The Morgan fingerprint density at radius 3 is 2.69 bits per heavy atom. The highest BCUT2D eigenvalue weighted by Crippen LogP contribution is 2.28. The Bertz CT molecular complexity index is 338. The summed E-state index contributed by atoms with van der Waals surface area (Å²) < 4.78 is 0.751. The predicted octanol–water partition coefficient (Wildman–Crippen LogP) is 3.02. The smallest absolute Gasteiger partial charge is 0.147 e. The molecule has 0 amide bonds. The molecule has 0 fully saturated rings. The molecule has 0 aliphatic carbocycles. The van der Waals surface area contributed by atoms with Crippen molar-refractivity contribution in [2.75, 3.05) is 0 Å². The summed E-state index contributed by atoms with van der Waals surface area (Å²) in [6.07, 6.45) is 0. The first kappa shape index (κ1) is 11.0. The lowest BCUT2D eigenvalue weighted by Gasteiger charge is -2.07. The van der Waals surface area contributed by atoms with E-state index in [-0.39, 0.29) is 16.4 Å². The third-order valence-corrected chi connectivity index (χ3v) is 3.66. The minimum atomic E-state index is -0.276. The van der Waals surface area contributed by atoms with Gasteiger partial charge in [0.15, 0.2) is 0 Å². The molecule has 13 heavy (non-hydrogen) atoms. The summed E-state index contributed by atoms with van der Waals surface area (Å²) in [4.78, 5) is 10.8. The molecule has 0 radical (unpaired) electrons. The number of aromatic hydroxyl groups is 1. The van der Waals surface area contributed by atoms with Gasteiger partial charge in [-0.1, -0.05) is 22.0 Å². The zero-order valence-electron chi connectivity index (χ0n) is 6.92. The molecular weight excluding hydrogens is 347 g/mol. The predicted molar refractivity (Wildman–Crippen MR) is 63.2 cm³/mol. The number of phenolic OH excluding ortho intramolecular Hbond substituents is 1. The molecule has 1 atom stereocenters. The van der Waals surface area contributed by atoms with Gasteiger partial charge in [0.25, 0.3) is 0 Å². The van der Waals surface area contributed by atoms with Gasteiger partial charge in [0.05, 0.1) is 8.40 Å². The first-order chi connectivity index (χ1) is 6.02. The van der Waals surface area contributed by atoms with Crippen molar-refractivity contribution in [1.82, 2.24) is 0 Å². The topological polar surface area (TPSA) is 37.3 Å². The minimum Gasteiger partial charge on any atom is -0.507 e. The molecule has 0 saturated heterocycles. The van der Waals surface area contributed by atoms with Crippen molar-refractivity contribution < 1.29 is 9.90 Å². The quantitative estimate of drug-likeness (QED) is 0.654. The summed E-state index contributed by atoms with van der Waals surface area (Å²) in [6.45, 7) is 1.53. The number of ketones is 1. The molecule has 70 valence electrons. The Kier molecular flexibility index (Phi) is 3.73. The van der Waals surface area contributed by atoms with Crippen LogP contribution < -0.4 is 0 Å². The molecule has 4 heteroatoms. The molecule has 2 nitrogen and oxygen atoms in total. The number of alkyl halides is 1. The maximum atomic E-state index is 11.0. The first-order valence-corrected chi connectivity index (χ1v) is 5.64. The summed E-state index contributed by atoms with van der Waals surface area (Å²) in [5.74, 6) is 0.300. The lowest BCUT2D eigenvalue weighted by atomic mass is 10.1. The van der Waals surface area contributed by atoms with Crippen molar-refractivity contribution in [2.24, 2.45) is 0 Å². The summed E-state index contributed by atoms with van der Waals surface area (Å²) in [5.41, 5.74) is 0.870. The number of benzene rings is 1. The van der Waals surface area contributed by atoms with E-state index in [4.69, 9.17) is 0 Å². The SMILES string of the molecule is CC(=O)C(Br)c1ccc(O)c(I)c1. The molecule has 0 aromatic heterocycles. The van der Waals surface area contributed by atoms with E-state index in [1.165, 1.54) is 6.92 Å². The maximum absolute atomic E-state index is 11.0. The van der Waals surface area contributed by atoms with Crippen LogP contribution in [0.1, 0.15) is 17.3 Å². The van der Waals surface area contributed by atoms with Crippen LogP contribution in [0.15, 0.2) is 18.2 Å². The van der Waals surface area contributed by atoms with Gasteiger partial charge in [0, 0.05) is 0 Å².